The zero-order valence-electron chi connectivity index (χ0n) is 8.15. The smallest absolute Gasteiger partial charge is 0.0414 e. The van der Waals surface area contributed by atoms with Crippen LogP contribution < -0.4 is 0 Å². The standard InChI is InChI=1S/C11H19NS/c13-7-12-4-3-10-8-1-2-9(5-8)11(10)6-12/h8-11,13H,1-7H2/t8-,9+,10-,11+/m1/s1. The van der Waals surface area contributed by atoms with Crippen molar-refractivity contribution in [2.24, 2.45) is 23.7 Å². The number of likely N-dealkylation sites (tertiary alicyclic amines) is 1. The van der Waals surface area contributed by atoms with Gasteiger partial charge in [0.15, 0.2) is 0 Å². The molecule has 0 amide bonds. The van der Waals surface area contributed by atoms with Gasteiger partial charge >= 0.3 is 0 Å². The molecule has 1 nitrogen and oxygen atoms in total. The molecule has 2 bridgehead atoms. The molecule has 0 spiro atoms. The molecule has 74 valence electrons. The highest BCUT2D eigenvalue weighted by molar-refractivity contribution is 7.80. The Hall–Kier alpha value is 0.310. The fraction of sp³-hybridized carbons (Fsp3) is 1.00. The summed E-state index contributed by atoms with van der Waals surface area (Å²) in [6, 6.07) is 0. The van der Waals surface area contributed by atoms with Crippen molar-refractivity contribution >= 4 is 12.6 Å². The topological polar surface area (TPSA) is 3.24 Å². The summed E-state index contributed by atoms with van der Waals surface area (Å²) in [5.74, 6) is 5.35. The number of thiol groups is 1. The van der Waals surface area contributed by atoms with Crippen LogP contribution in [0, 0.1) is 23.7 Å². The number of piperidine rings is 1. The molecule has 3 rings (SSSR count). The average molecular weight is 197 g/mol. The lowest BCUT2D eigenvalue weighted by Crippen LogP contribution is -2.42. The van der Waals surface area contributed by atoms with Crippen LogP contribution in [-0.2, 0) is 0 Å². The summed E-state index contributed by atoms with van der Waals surface area (Å²) in [7, 11) is 0. The van der Waals surface area contributed by atoms with E-state index in [4.69, 9.17) is 0 Å². The first kappa shape index (κ1) is 8.60. The number of hydrogen-bond donors (Lipinski definition) is 1. The van der Waals surface area contributed by atoms with Gasteiger partial charge in [0.1, 0.15) is 0 Å². The first-order valence-electron chi connectivity index (χ1n) is 5.71. The van der Waals surface area contributed by atoms with E-state index in [0.29, 0.717) is 0 Å². The number of rotatable bonds is 1. The third-order valence-electron chi connectivity index (χ3n) is 4.72. The van der Waals surface area contributed by atoms with Crippen molar-refractivity contribution in [1.29, 1.82) is 0 Å². The van der Waals surface area contributed by atoms with Gasteiger partial charge in [-0.25, -0.2) is 0 Å². The Bertz CT molecular complexity index is 206. The Morgan fingerprint density at radius 3 is 2.62 bits per heavy atom. The fourth-order valence-corrected chi connectivity index (χ4v) is 4.37. The second kappa shape index (κ2) is 3.16. The zero-order valence-corrected chi connectivity index (χ0v) is 9.05. The molecule has 3 aliphatic rings. The minimum absolute atomic E-state index is 0.973. The maximum atomic E-state index is 4.39. The lowest BCUT2D eigenvalue weighted by Gasteiger charge is -2.40. The summed E-state index contributed by atoms with van der Waals surface area (Å²) < 4.78 is 0. The van der Waals surface area contributed by atoms with Crippen molar-refractivity contribution in [2.75, 3.05) is 19.0 Å². The van der Waals surface area contributed by atoms with E-state index in [2.05, 4.69) is 17.5 Å². The molecule has 13 heavy (non-hydrogen) atoms. The van der Waals surface area contributed by atoms with E-state index in [1.807, 2.05) is 0 Å². The summed E-state index contributed by atoms with van der Waals surface area (Å²) in [6.07, 6.45) is 6.11. The summed E-state index contributed by atoms with van der Waals surface area (Å²) >= 11 is 4.39. The van der Waals surface area contributed by atoms with Gasteiger partial charge in [-0.3, -0.25) is 4.90 Å². The Labute approximate surface area is 86.3 Å². The Morgan fingerprint density at radius 2 is 1.85 bits per heavy atom. The van der Waals surface area contributed by atoms with Gasteiger partial charge in [-0.2, -0.15) is 12.6 Å². The molecule has 1 saturated heterocycles. The van der Waals surface area contributed by atoms with Crippen LogP contribution >= 0.6 is 12.6 Å². The monoisotopic (exact) mass is 197 g/mol. The lowest BCUT2D eigenvalue weighted by molar-refractivity contribution is 0.0926. The molecule has 1 aliphatic heterocycles. The van der Waals surface area contributed by atoms with Gasteiger partial charge in [0, 0.05) is 12.4 Å². The molecule has 0 N–H and O–H groups in total. The molecular weight excluding hydrogens is 178 g/mol. The van der Waals surface area contributed by atoms with Crippen molar-refractivity contribution in [3.8, 4) is 0 Å². The predicted octanol–water partition coefficient (Wildman–Crippen LogP) is 2.24. The van der Waals surface area contributed by atoms with Gasteiger partial charge in [-0.05, 0) is 55.9 Å². The Balaban J connectivity index is 1.74. The zero-order chi connectivity index (χ0) is 8.84. The fourth-order valence-electron chi connectivity index (χ4n) is 4.11. The quantitative estimate of drug-likeness (QED) is 0.631. The van der Waals surface area contributed by atoms with Crippen LogP contribution in [0.25, 0.3) is 0 Å². The highest BCUT2D eigenvalue weighted by Crippen LogP contribution is 2.54. The van der Waals surface area contributed by atoms with E-state index in [1.165, 1.54) is 25.9 Å². The van der Waals surface area contributed by atoms with E-state index >= 15 is 0 Å². The van der Waals surface area contributed by atoms with Gasteiger partial charge < -0.3 is 0 Å². The molecule has 0 unspecified atom stereocenters. The van der Waals surface area contributed by atoms with Crippen LogP contribution in [-0.4, -0.2) is 23.9 Å². The molecule has 2 saturated carbocycles. The van der Waals surface area contributed by atoms with Gasteiger partial charge in [0.2, 0.25) is 0 Å². The molecule has 4 atom stereocenters. The molecule has 0 radical (unpaired) electrons. The van der Waals surface area contributed by atoms with E-state index < -0.39 is 0 Å². The summed E-state index contributed by atoms with van der Waals surface area (Å²) in [6.45, 7) is 2.67. The molecule has 0 aromatic heterocycles. The highest BCUT2D eigenvalue weighted by Gasteiger charge is 2.48. The lowest BCUT2D eigenvalue weighted by atomic mass is 9.75. The van der Waals surface area contributed by atoms with Gasteiger partial charge in [0.25, 0.3) is 0 Å². The van der Waals surface area contributed by atoms with Gasteiger partial charge in [0.05, 0.1) is 0 Å². The van der Waals surface area contributed by atoms with Gasteiger partial charge in [-0.15, -0.1) is 0 Å². The van der Waals surface area contributed by atoms with Crippen molar-refractivity contribution in [3.05, 3.63) is 0 Å². The van der Waals surface area contributed by atoms with Crippen LogP contribution in [0.3, 0.4) is 0 Å². The van der Waals surface area contributed by atoms with Crippen LogP contribution in [0.2, 0.25) is 0 Å². The average Bonchev–Trinajstić information content (AvgIpc) is 2.77. The number of fused-ring (bicyclic) bond motifs is 5. The second-order valence-corrected chi connectivity index (χ2v) is 5.45. The Morgan fingerprint density at radius 1 is 1.08 bits per heavy atom. The third kappa shape index (κ3) is 1.25. The molecule has 0 aromatic rings. The molecule has 2 heteroatoms. The molecule has 0 aromatic carbocycles. The molecular formula is C11H19NS. The summed E-state index contributed by atoms with van der Waals surface area (Å²) in [5, 5.41) is 0. The molecule has 2 aliphatic carbocycles. The minimum Gasteiger partial charge on any atom is -0.294 e. The second-order valence-electron chi connectivity index (χ2n) is 5.17. The van der Waals surface area contributed by atoms with Crippen molar-refractivity contribution in [1.82, 2.24) is 4.90 Å². The maximum Gasteiger partial charge on any atom is 0.0414 e. The Kier molecular flexibility index (Phi) is 2.09. The van der Waals surface area contributed by atoms with Crippen LogP contribution in [0.5, 0.6) is 0 Å². The van der Waals surface area contributed by atoms with Crippen molar-refractivity contribution in [2.45, 2.75) is 25.7 Å². The number of hydrogen-bond acceptors (Lipinski definition) is 2. The van der Waals surface area contributed by atoms with Crippen LogP contribution in [0.1, 0.15) is 25.7 Å². The normalized spacial score (nSPS) is 49.6. The molecule has 3 fully saturated rings. The van der Waals surface area contributed by atoms with E-state index in [0.717, 1.165) is 29.5 Å². The first-order chi connectivity index (χ1) is 6.38. The highest BCUT2D eigenvalue weighted by atomic mass is 32.1. The minimum atomic E-state index is 0.973. The van der Waals surface area contributed by atoms with E-state index in [9.17, 15) is 0 Å². The maximum absolute atomic E-state index is 4.39. The SMILES string of the molecule is SCN1CC[C@@H]2[C@@H]3CC[C@@H](C3)[C@@H]2C1. The van der Waals surface area contributed by atoms with E-state index in [-0.39, 0.29) is 0 Å². The first-order valence-corrected chi connectivity index (χ1v) is 6.35. The summed E-state index contributed by atoms with van der Waals surface area (Å²) in [5.41, 5.74) is 0. The van der Waals surface area contributed by atoms with Crippen molar-refractivity contribution in [3.63, 3.8) is 0 Å². The van der Waals surface area contributed by atoms with Crippen LogP contribution in [0.15, 0.2) is 0 Å². The van der Waals surface area contributed by atoms with Crippen LogP contribution in [0.4, 0.5) is 0 Å². The largest absolute Gasteiger partial charge is 0.294 e. The summed E-state index contributed by atoms with van der Waals surface area (Å²) in [4.78, 5) is 2.53. The number of nitrogens with zero attached hydrogens (tertiary/aromatic N) is 1. The molecule has 1 heterocycles. The predicted molar refractivity (Wildman–Crippen MR) is 57.9 cm³/mol. The van der Waals surface area contributed by atoms with E-state index in [1.54, 1.807) is 12.8 Å². The van der Waals surface area contributed by atoms with Gasteiger partial charge in [-0.1, -0.05) is 0 Å². The third-order valence-corrected chi connectivity index (χ3v) is 5.12. The van der Waals surface area contributed by atoms with Crippen molar-refractivity contribution < 1.29 is 0 Å².